The van der Waals surface area contributed by atoms with Crippen LogP contribution in [0.4, 0.5) is 58.4 Å². The number of aromatic nitrogens is 2. The van der Waals surface area contributed by atoms with Gasteiger partial charge < -0.3 is 9.13 Å². The van der Waals surface area contributed by atoms with E-state index in [4.69, 9.17) is 6.57 Å². The summed E-state index contributed by atoms with van der Waals surface area (Å²) < 4.78 is 177. The highest BCUT2D eigenvalue weighted by Gasteiger charge is 2.35. The summed E-state index contributed by atoms with van der Waals surface area (Å²) in [5.74, 6) is 0. The summed E-state index contributed by atoms with van der Waals surface area (Å²) in [5.41, 5.74) is 7.53. The number of alkyl halides is 12. The van der Waals surface area contributed by atoms with Crippen LogP contribution in [0.5, 0.6) is 0 Å². The van der Waals surface area contributed by atoms with Crippen LogP contribution < -0.4 is 0 Å². The summed E-state index contributed by atoms with van der Waals surface area (Å²) in [6.07, 6.45) is -18.7. The Morgan fingerprint density at radius 2 is 0.667 bits per heavy atom. The van der Waals surface area contributed by atoms with Gasteiger partial charge in [-0.25, -0.2) is 4.85 Å². The zero-order valence-corrected chi connectivity index (χ0v) is 49.9. The number of rotatable bonds is 8. The first-order valence-corrected chi connectivity index (χ1v) is 29.1. The lowest BCUT2D eigenvalue weighted by Gasteiger charge is -2.21. The van der Waals surface area contributed by atoms with E-state index in [1.807, 2.05) is 40.3 Å². The second-order valence-electron chi connectivity index (χ2n) is 23.6. The predicted octanol–water partition coefficient (Wildman–Crippen LogP) is 23.9. The van der Waals surface area contributed by atoms with Crippen LogP contribution in [0.1, 0.15) is 55.6 Å². The Balaban J connectivity index is 1.12. The molecule has 16 heteroatoms. The van der Waals surface area contributed by atoms with Gasteiger partial charge in [0.05, 0.1) is 73.9 Å². The van der Waals surface area contributed by atoms with Crippen molar-refractivity contribution in [1.29, 1.82) is 5.26 Å². The number of benzene rings is 11. The van der Waals surface area contributed by atoms with Gasteiger partial charge in [-0.05, 0) is 251 Å². The second kappa shape index (κ2) is 22.2. The molecule has 2 aromatic heterocycles. The van der Waals surface area contributed by atoms with Crippen LogP contribution in [0.15, 0.2) is 200 Å². The highest BCUT2D eigenvalue weighted by atomic mass is 19.4. The molecule has 0 saturated heterocycles. The van der Waals surface area contributed by atoms with E-state index in [0.29, 0.717) is 122 Å². The minimum Gasteiger partial charge on any atom is -0.309 e. The van der Waals surface area contributed by atoms with E-state index in [-0.39, 0.29) is 27.9 Å². The Hall–Kier alpha value is -10.8. The maximum Gasteiger partial charge on any atom is 0.416 e. The van der Waals surface area contributed by atoms with Crippen LogP contribution in [0.25, 0.3) is 127 Å². The van der Waals surface area contributed by atoms with Crippen LogP contribution in [-0.4, -0.2) is 9.13 Å². The summed E-state index contributed by atoms with van der Waals surface area (Å²) in [4.78, 5) is 3.88. The number of hydrogen-bond acceptors (Lipinski definition) is 1. The maximum absolute atomic E-state index is 14.5. The maximum atomic E-state index is 14.5. The molecule has 0 aliphatic carbocycles. The van der Waals surface area contributed by atoms with Crippen molar-refractivity contribution in [2.24, 2.45) is 0 Å². The van der Waals surface area contributed by atoms with Crippen LogP contribution in [0, 0.1) is 52.5 Å². The van der Waals surface area contributed by atoms with Crippen molar-refractivity contribution in [3.63, 3.8) is 0 Å². The van der Waals surface area contributed by atoms with Crippen molar-refractivity contribution in [2.75, 3.05) is 0 Å². The van der Waals surface area contributed by atoms with Crippen molar-refractivity contribution in [1.82, 2.24) is 9.13 Å². The van der Waals surface area contributed by atoms with Gasteiger partial charge in [-0.3, -0.25) is 0 Å². The van der Waals surface area contributed by atoms with Crippen molar-refractivity contribution < 1.29 is 52.7 Å². The van der Waals surface area contributed by atoms with Crippen molar-refractivity contribution in [3.05, 3.63) is 267 Å². The molecule has 0 bridgehead atoms. The summed E-state index contributed by atoms with van der Waals surface area (Å²) in [7, 11) is 0. The summed E-state index contributed by atoms with van der Waals surface area (Å²) in [6, 6.07) is 54.1. The Kier molecular flexibility index (Phi) is 14.6. The summed E-state index contributed by atoms with van der Waals surface area (Å²) in [6.45, 7) is 16.5. The molecule has 13 rings (SSSR count). The number of nitriles is 1. The third-order valence-electron chi connectivity index (χ3n) is 17.0. The Morgan fingerprint density at radius 1 is 0.323 bits per heavy atom. The molecular formula is C77H48F12N4. The molecular weight excluding hydrogens is 1210 g/mol. The molecule has 0 spiro atoms. The molecule has 93 heavy (non-hydrogen) atoms. The van der Waals surface area contributed by atoms with Gasteiger partial charge in [-0.15, -0.1) is 0 Å². The van der Waals surface area contributed by atoms with Crippen molar-refractivity contribution >= 4 is 49.3 Å². The van der Waals surface area contributed by atoms with Gasteiger partial charge >= 0.3 is 24.7 Å². The fourth-order valence-corrected chi connectivity index (χ4v) is 12.9. The molecule has 0 aliphatic rings. The number of halogens is 12. The second-order valence-corrected chi connectivity index (χ2v) is 23.6. The molecule has 0 saturated carbocycles. The highest BCUT2D eigenvalue weighted by Crippen LogP contribution is 2.48. The lowest BCUT2D eigenvalue weighted by Crippen LogP contribution is -2.05. The summed E-state index contributed by atoms with van der Waals surface area (Å²) in [5, 5.41) is 12.0. The third-order valence-corrected chi connectivity index (χ3v) is 17.0. The first-order chi connectivity index (χ1) is 44.0. The minimum atomic E-state index is -4.68. The van der Waals surface area contributed by atoms with Gasteiger partial charge in [0, 0.05) is 27.1 Å². The van der Waals surface area contributed by atoms with Gasteiger partial charge in [-0.1, -0.05) is 72.8 Å². The fraction of sp³-hybridized carbons (Fsp3) is 0.117. The smallest absolute Gasteiger partial charge is 0.309 e. The minimum absolute atomic E-state index is 0.209. The number of hydrogen-bond donors (Lipinski definition) is 0. The summed E-state index contributed by atoms with van der Waals surface area (Å²) >= 11 is 0. The average molecular weight is 1260 g/mol. The SMILES string of the molecule is [C-]#[N+]c1ccc(-n2c3ccc(-c4cc(C)cc(C(F)(F)F)c4)cc3c3cc(-c4cc(C)cc(C(F)(F)F)c4)ccc32)c(-c2ccc(-c3ccc(C#N)cc3C)cc2-n2c3ccc(-c4cc(C)cc(C(F)(F)F)c4)cc3c3cc(-c4cc(C)cc(C(F)(F)F)c4)ccc32)c1. The fourth-order valence-electron chi connectivity index (χ4n) is 12.9. The van der Waals surface area contributed by atoms with Gasteiger partial charge in [0.15, 0.2) is 5.69 Å². The molecule has 13 aromatic rings. The topological polar surface area (TPSA) is 38.0 Å². The molecule has 11 aromatic carbocycles. The Labute approximate surface area is 524 Å². The van der Waals surface area contributed by atoms with Gasteiger partial charge in [0.1, 0.15) is 0 Å². The average Bonchev–Trinajstić information content (AvgIpc) is 1.60. The molecule has 4 nitrogen and oxygen atoms in total. The molecule has 0 aliphatic heterocycles. The lowest BCUT2D eigenvalue weighted by molar-refractivity contribution is -0.138. The number of aryl methyl sites for hydroxylation is 5. The van der Waals surface area contributed by atoms with Gasteiger partial charge in [-0.2, -0.15) is 57.9 Å². The molecule has 0 unspecified atom stereocenters. The van der Waals surface area contributed by atoms with Crippen LogP contribution in [-0.2, 0) is 24.7 Å². The zero-order valence-electron chi connectivity index (χ0n) is 49.9. The molecule has 0 atom stereocenters. The Bertz CT molecular complexity index is 5130. The third kappa shape index (κ3) is 11.3. The monoisotopic (exact) mass is 1260 g/mol. The molecule has 0 amide bonds. The number of fused-ring (bicyclic) bond motifs is 6. The molecule has 0 N–H and O–H groups in total. The molecule has 0 radical (unpaired) electrons. The van der Waals surface area contributed by atoms with Crippen LogP contribution >= 0.6 is 0 Å². The first-order valence-electron chi connectivity index (χ1n) is 29.1. The number of nitrogens with zero attached hydrogens (tertiary/aromatic N) is 4. The zero-order chi connectivity index (χ0) is 66.0. The normalized spacial score (nSPS) is 12.3. The van der Waals surface area contributed by atoms with E-state index in [1.165, 1.54) is 0 Å². The highest BCUT2D eigenvalue weighted by molar-refractivity contribution is 6.14. The predicted molar refractivity (Wildman–Crippen MR) is 342 cm³/mol. The Morgan fingerprint density at radius 3 is 1.00 bits per heavy atom. The lowest BCUT2D eigenvalue weighted by atomic mass is 9.93. The molecule has 2 heterocycles. The van der Waals surface area contributed by atoms with E-state index in [0.717, 1.165) is 59.7 Å². The van der Waals surface area contributed by atoms with E-state index in [2.05, 4.69) is 10.9 Å². The first kappa shape index (κ1) is 61.0. The largest absolute Gasteiger partial charge is 0.416 e. The van der Waals surface area contributed by atoms with Gasteiger partial charge in [0.2, 0.25) is 0 Å². The molecule has 0 fully saturated rings. The van der Waals surface area contributed by atoms with E-state index >= 15 is 0 Å². The van der Waals surface area contributed by atoms with E-state index < -0.39 is 47.0 Å². The van der Waals surface area contributed by atoms with Crippen LogP contribution in [0.2, 0.25) is 0 Å². The van der Waals surface area contributed by atoms with E-state index in [9.17, 15) is 57.9 Å². The molecule has 460 valence electrons. The van der Waals surface area contributed by atoms with Crippen LogP contribution in [0.3, 0.4) is 0 Å². The van der Waals surface area contributed by atoms with Crippen molar-refractivity contribution in [2.45, 2.75) is 59.3 Å². The quantitative estimate of drug-likeness (QED) is 0.110. The standard InChI is InChI=1S/C77H48F12N4/c1-41-21-52(30-56(25-41)74(78,79)80)47-9-16-68-63(34-47)64-35-48(53-22-42(2)26-57(31-53)75(81,82)83)10-17-69(64)92(68)72-20-13-60(91-6)39-67(72)62-15-8-51(61-14-7-46(40-90)29-45(61)5)38-73(62)93-70-18-11-49(54-23-43(3)27-58(32-54)76(84,85)86)36-65(70)66-37-50(12-19-71(66)93)55-24-44(4)28-59(33-55)77(87,88)89/h7-39H,1-5H3. The van der Waals surface area contributed by atoms with E-state index in [1.54, 1.807) is 155 Å². The van der Waals surface area contributed by atoms with Gasteiger partial charge in [0.25, 0.3) is 0 Å². The van der Waals surface area contributed by atoms with Crippen molar-refractivity contribution in [3.8, 4) is 84.2 Å².